The van der Waals surface area contributed by atoms with E-state index in [9.17, 15) is 22.8 Å². The van der Waals surface area contributed by atoms with Crippen LogP contribution in [-0.2, 0) is 4.79 Å². The molecule has 0 aromatic heterocycles. The van der Waals surface area contributed by atoms with Crippen LogP contribution in [0.2, 0.25) is 0 Å². The highest BCUT2D eigenvalue weighted by molar-refractivity contribution is 5.94. The highest BCUT2D eigenvalue weighted by atomic mass is 19.2. The van der Waals surface area contributed by atoms with Crippen LogP contribution in [0.15, 0.2) is 12.1 Å². The smallest absolute Gasteiger partial charge is 0.303 e. The summed E-state index contributed by atoms with van der Waals surface area (Å²) in [6, 6.07) is 1.16. The number of hydrogen-bond donors (Lipinski definition) is 2. The zero-order chi connectivity index (χ0) is 14.6. The van der Waals surface area contributed by atoms with Crippen molar-refractivity contribution in [2.24, 2.45) is 5.92 Å². The zero-order valence-corrected chi connectivity index (χ0v) is 10.0. The van der Waals surface area contributed by atoms with Crippen molar-refractivity contribution in [2.75, 3.05) is 6.54 Å². The molecule has 1 aromatic carbocycles. The molecule has 0 bridgehead atoms. The van der Waals surface area contributed by atoms with E-state index in [4.69, 9.17) is 5.11 Å². The Kier molecular flexibility index (Phi) is 4.91. The van der Waals surface area contributed by atoms with Crippen LogP contribution in [0.5, 0.6) is 0 Å². The molecule has 0 fully saturated rings. The zero-order valence-electron chi connectivity index (χ0n) is 10.0. The number of carbonyl (C=O) groups excluding carboxylic acids is 1. The lowest BCUT2D eigenvalue weighted by molar-refractivity contribution is -0.137. The van der Waals surface area contributed by atoms with Gasteiger partial charge in [-0.15, -0.1) is 0 Å². The Morgan fingerprint density at radius 3 is 2.26 bits per heavy atom. The van der Waals surface area contributed by atoms with Crippen LogP contribution >= 0.6 is 0 Å². The predicted octanol–water partition coefficient (Wildman–Crippen LogP) is 1.94. The lowest BCUT2D eigenvalue weighted by atomic mass is 10.1. The van der Waals surface area contributed by atoms with Gasteiger partial charge in [-0.2, -0.15) is 0 Å². The number of amides is 1. The molecule has 1 rings (SSSR count). The SMILES string of the molecule is CC(CNC(=O)c1cc(F)c(F)c(F)c1)CC(=O)O. The number of halogens is 3. The van der Waals surface area contributed by atoms with E-state index in [0.29, 0.717) is 12.1 Å². The fourth-order valence-corrected chi connectivity index (χ4v) is 1.43. The molecule has 1 unspecified atom stereocenters. The van der Waals surface area contributed by atoms with E-state index in [2.05, 4.69) is 5.32 Å². The van der Waals surface area contributed by atoms with Gasteiger partial charge in [-0.3, -0.25) is 9.59 Å². The second-order valence-electron chi connectivity index (χ2n) is 4.17. The standard InChI is InChI=1S/C12H12F3NO3/c1-6(2-10(17)18)5-16-12(19)7-3-8(13)11(15)9(14)4-7/h3-4,6H,2,5H2,1H3,(H,16,19)(H,17,18). The number of benzene rings is 1. The summed E-state index contributed by atoms with van der Waals surface area (Å²) in [4.78, 5) is 21.9. The van der Waals surface area contributed by atoms with E-state index < -0.39 is 29.3 Å². The van der Waals surface area contributed by atoms with Crippen molar-refractivity contribution >= 4 is 11.9 Å². The Hall–Kier alpha value is -2.05. The van der Waals surface area contributed by atoms with E-state index in [0.717, 1.165) is 0 Å². The Morgan fingerprint density at radius 2 is 1.79 bits per heavy atom. The van der Waals surface area contributed by atoms with Gasteiger partial charge < -0.3 is 10.4 Å². The number of carboxylic acids is 1. The van der Waals surface area contributed by atoms with Crippen molar-refractivity contribution in [2.45, 2.75) is 13.3 Å². The van der Waals surface area contributed by atoms with Gasteiger partial charge >= 0.3 is 5.97 Å². The maximum Gasteiger partial charge on any atom is 0.303 e. The molecule has 1 atom stereocenters. The summed E-state index contributed by atoms with van der Waals surface area (Å²) in [5, 5.41) is 10.8. The molecule has 1 amide bonds. The Balaban J connectivity index is 2.66. The molecule has 0 aliphatic rings. The summed E-state index contributed by atoms with van der Waals surface area (Å²) >= 11 is 0. The van der Waals surface area contributed by atoms with Gasteiger partial charge in [-0.1, -0.05) is 6.92 Å². The van der Waals surface area contributed by atoms with Gasteiger partial charge in [-0.05, 0) is 18.1 Å². The molecule has 4 nitrogen and oxygen atoms in total. The minimum atomic E-state index is -1.64. The second-order valence-corrected chi connectivity index (χ2v) is 4.17. The first-order valence-electron chi connectivity index (χ1n) is 5.45. The monoisotopic (exact) mass is 275 g/mol. The number of carboxylic acid groups (broad SMARTS) is 1. The number of rotatable bonds is 5. The summed E-state index contributed by atoms with van der Waals surface area (Å²) < 4.78 is 38.5. The number of hydrogen-bond acceptors (Lipinski definition) is 2. The van der Waals surface area contributed by atoms with Crippen LogP contribution in [0.4, 0.5) is 13.2 Å². The Morgan fingerprint density at radius 1 is 1.26 bits per heavy atom. The third-order valence-electron chi connectivity index (χ3n) is 2.38. The molecule has 0 saturated carbocycles. The average Bonchev–Trinajstić information content (AvgIpc) is 2.31. The average molecular weight is 275 g/mol. The first-order chi connectivity index (χ1) is 8.81. The molecule has 7 heteroatoms. The van der Waals surface area contributed by atoms with Crippen molar-refractivity contribution in [1.82, 2.24) is 5.32 Å². The molecule has 19 heavy (non-hydrogen) atoms. The van der Waals surface area contributed by atoms with E-state index in [-0.39, 0.29) is 24.4 Å². The van der Waals surface area contributed by atoms with Crippen LogP contribution in [0.25, 0.3) is 0 Å². The van der Waals surface area contributed by atoms with Crippen molar-refractivity contribution in [3.63, 3.8) is 0 Å². The maximum absolute atomic E-state index is 12.9. The van der Waals surface area contributed by atoms with Gasteiger partial charge in [0.05, 0.1) is 0 Å². The first-order valence-corrected chi connectivity index (χ1v) is 5.45. The summed E-state index contributed by atoms with van der Waals surface area (Å²) in [7, 11) is 0. The normalized spacial score (nSPS) is 12.0. The van der Waals surface area contributed by atoms with Crippen LogP contribution in [0, 0.1) is 23.4 Å². The molecule has 0 aliphatic carbocycles. The molecule has 0 heterocycles. The van der Waals surface area contributed by atoms with Gasteiger partial charge in [0, 0.05) is 18.5 Å². The third-order valence-corrected chi connectivity index (χ3v) is 2.38. The molecular weight excluding hydrogens is 263 g/mol. The van der Waals surface area contributed by atoms with Crippen molar-refractivity contribution in [1.29, 1.82) is 0 Å². The predicted molar refractivity (Wildman–Crippen MR) is 60.1 cm³/mol. The summed E-state index contributed by atoms with van der Waals surface area (Å²) in [5.41, 5.74) is -0.362. The van der Waals surface area contributed by atoms with Gasteiger partial charge in [-0.25, -0.2) is 13.2 Å². The molecule has 0 saturated heterocycles. The van der Waals surface area contributed by atoms with Gasteiger partial charge in [0.1, 0.15) is 0 Å². The maximum atomic E-state index is 12.9. The minimum Gasteiger partial charge on any atom is -0.481 e. The molecule has 0 spiro atoms. The van der Waals surface area contributed by atoms with E-state index in [1.54, 1.807) is 6.92 Å². The fourth-order valence-electron chi connectivity index (χ4n) is 1.43. The quantitative estimate of drug-likeness (QED) is 0.807. The molecule has 2 N–H and O–H groups in total. The highest BCUT2D eigenvalue weighted by Crippen LogP contribution is 2.13. The summed E-state index contributed by atoms with van der Waals surface area (Å²) in [6.07, 6.45) is -0.146. The van der Waals surface area contributed by atoms with Gasteiger partial charge in [0.25, 0.3) is 5.91 Å². The number of aliphatic carboxylic acids is 1. The topological polar surface area (TPSA) is 66.4 Å². The van der Waals surface area contributed by atoms with E-state index in [1.165, 1.54) is 0 Å². The van der Waals surface area contributed by atoms with Crippen LogP contribution < -0.4 is 5.32 Å². The van der Waals surface area contributed by atoms with Crippen molar-refractivity contribution in [3.05, 3.63) is 35.1 Å². The van der Waals surface area contributed by atoms with Crippen LogP contribution in [-0.4, -0.2) is 23.5 Å². The number of nitrogens with one attached hydrogen (secondary N) is 1. The van der Waals surface area contributed by atoms with Crippen LogP contribution in [0.3, 0.4) is 0 Å². The second kappa shape index (κ2) is 6.21. The largest absolute Gasteiger partial charge is 0.481 e. The summed E-state index contributed by atoms with van der Waals surface area (Å²) in [5.74, 6) is -6.70. The lowest BCUT2D eigenvalue weighted by Crippen LogP contribution is -2.29. The molecule has 104 valence electrons. The van der Waals surface area contributed by atoms with Crippen molar-refractivity contribution < 1.29 is 27.9 Å². The number of carbonyl (C=O) groups is 2. The highest BCUT2D eigenvalue weighted by Gasteiger charge is 2.16. The molecule has 0 aliphatic heterocycles. The Bertz CT molecular complexity index is 482. The van der Waals surface area contributed by atoms with Crippen molar-refractivity contribution in [3.8, 4) is 0 Å². The third kappa shape index (κ3) is 4.27. The molecule has 0 radical (unpaired) electrons. The molecular formula is C12H12F3NO3. The van der Waals surface area contributed by atoms with Gasteiger partial charge in [0.2, 0.25) is 0 Å². The minimum absolute atomic E-state index is 0.0335. The van der Waals surface area contributed by atoms with E-state index >= 15 is 0 Å². The Labute approximate surface area is 107 Å². The van der Waals surface area contributed by atoms with Crippen LogP contribution in [0.1, 0.15) is 23.7 Å². The lowest BCUT2D eigenvalue weighted by Gasteiger charge is -2.10. The van der Waals surface area contributed by atoms with E-state index in [1.807, 2.05) is 0 Å². The fraction of sp³-hybridized carbons (Fsp3) is 0.333. The van der Waals surface area contributed by atoms with Gasteiger partial charge in [0.15, 0.2) is 17.5 Å². The molecule has 1 aromatic rings. The summed E-state index contributed by atoms with van der Waals surface area (Å²) in [6.45, 7) is 1.63. The first kappa shape index (κ1) is 15.0.